The minimum Gasteiger partial charge on any atom is -0.477 e. The molecule has 10 heteroatoms. The number of hydrogen-bond donors (Lipinski definition) is 1. The number of benzene rings is 2. The molecule has 0 saturated carbocycles. The Morgan fingerprint density at radius 2 is 1.81 bits per heavy atom. The molecule has 0 spiro atoms. The predicted molar refractivity (Wildman–Crippen MR) is 147 cm³/mol. The fraction of sp³-hybridized carbons (Fsp3) is 0.148. The first-order valence-corrected chi connectivity index (χ1v) is 13.9. The maximum Gasteiger partial charge on any atom is 0.348 e. The SMILES string of the molecule is COP(=O)(c1ccc(C)cc1C)N(C)c1cc(-c2ccc(-c3cc4ncccn4n3)cc2)sc1C(=O)O. The maximum absolute atomic E-state index is 14.1. The number of carboxylic acids is 1. The van der Waals surface area contributed by atoms with Crippen LogP contribution in [0.25, 0.3) is 27.3 Å². The second-order valence-electron chi connectivity index (χ2n) is 8.68. The minimum absolute atomic E-state index is 0.0926. The van der Waals surface area contributed by atoms with E-state index >= 15 is 0 Å². The number of aryl methyl sites for hydroxylation is 2. The third-order valence-electron chi connectivity index (χ3n) is 6.26. The predicted octanol–water partition coefficient (Wildman–Crippen LogP) is 6.04. The number of carbonyl (C=O) groups is 1. The van der Waals surface area contributed by atoms with Crippen LogP contribution in [0.4, 0.5) is 5.69 Å². The number of rotatable bonds is 7. The molecule has 3 heterocycles. The molecule has 8 nitrogen and oxygen atoms in total. The summed E-state index contributed by atoms with van der Waals surface area (Å²) in [5, 5.41) is 15.1. The summed E-state index contributed by atoms with van der Waals surface area (Å²) >= 11 is 1.14. The highest BCUT2D eigenvalue weighted by molar-refractivity contribution is 7.68. The molecule has 188 valence electrons. The Labute approximate surface area is 218 Å². The summed E-state index contributed by atoms with van der Waals surface area (Å²) in [7, 11) is -0.570. The topological polar surface area (TPSA) is 97.0 Å². The lowest BCUT2D eigenvalue weighted by Gasteiger charge is -2.29. The number of aromatic nitrogens is 3. The van der Waals surface area contributed by atoms with Crippen LogP contribution in [0.3, 0.4) is 0 Å². The molecule has 37 heavy (non-hydrogen) atoms. The van der Waals surface area contributed by atoms with Gasteiger partial charge in [-0.1, -0.05) is 42.0 Å². The molecule has 2 aromatic carbocycles. The highest BCUT2D eigenvalue weighted by Gasteiger charge is 2.35. The Balaban J connectivity index is 1.52. The summed E-state index contributed by atoms with van der Waals surface area (Å²) in [6, 6.07) is 18.8. The summed E-state index contributed by atoms with van der Waals surface area (Å²) in [4.78, 5) is 17.3. The molecule has 5 aromatic rings. The van der Waals surface area contributed by atoms with Crippen molar-refractivity contribution < 1.29 is 19.0 Å². The monoisotopic (exact) mass is 532 g/mol. The fourth-order valence-electron chi connectivity index (χ4n) is 4.34. The molecule has 5 rings (SSSR count). The molecular formula is C27H25N4O4PS. The Kier molecular flexibility index (Phi) is 6.45. The molecule has 0 amide bonds. The van der Waals surface area contributed by atoms with Crippen molar-refractivity contribution in [2.75, 3.05) is 18.8 Å². The second-order valence-corrected chi connectivity index (χ2v) is 12.2. The normalized spacial score (nSPS) is 13.0. The van der Waals surface area contributed by atoms with E-state index in [0.29, 0.717) is 11.0 Å². The lowest BCUT2D eigenvalue weighted by atomic mass is 10.1. The van der Waals surface area contributed by atoms with Crippen LogP contribution in [0.5, 0.6) is 0 Å². The fourth-order valence-corrected chi connectivity index (χ4v) is 7.42. The van der Waals surface area contributed by atoms with Gasteiger partial charge in [-0.15, -0.1) is 11.3 Å². The van der Waals surface area contributed by atoms with Crippen molar-refractivity contribution in [3.8, 4) is 21.7 Å². The lowest BCUT2D eigenvalue weighted by Crippen LogP contribution is -2.25. The number of carboxylic acid groups (broad SMARTS) is 1. The van der Waals surface area contributed by atoms with E-state index in [1.54, 1.807) is 29.9 Å². The summed E-state index contributed by atoms with van der Waals surface area (Å²) in [6.07, 6.45) is 3.56. The molecule has 0 bridgehead atoms. The van der Waals surface area contributed by atoms with Gasteiger partial charge in [-0.3, -0.25) is 9.24 Å². The maximum atomic E-state index is 14.1. The molecule has 0 fully saturated rings. The molecule has 3 aromatic heterocycles. The molecule has 1 N–H and O–H groups in total. The molecule has 0 saturated heterocycles. The van der Waals surface area contributed by atoms with Gasteiger partial charge in [0, 0.05) is 43.1 Å². The zero-order valence-corrected chi connectivity index (χ0v) is 22.5. The van der Waals surface area contributed by atoms with Gasteiger partial charge in [-0.25, -0.2) is 14.3 Å². The van der Waals surface area contributed by atoms with Crippen molar-refractivity contribution in [1.82, 2.24) is 14.6 Å². The van der Waals surface area contributed by atoms with E-state index in [0.717, 1.165) is 49.8 Å². The van der Waals surface area contributed by atoms with E-state index in [1.165, 1.54) is 11.8 Å². The van der Waals surface area contributed by atoms with Gasteiger partial charge in [0.15, 0.2) is 5.65 Å². The minimum atomic E-state index is -3.57. The summed E-state index contributed by atoms with van der Waals surface area (Å²) < 4.78 is 22.9. The van der Waals surface area contributed by atoms with Gasteiger partial charge in [0.2, 0.25) is 0 Å². The summed E-state index contributed by atoms with van der Waals surface area (Å²) in [5.74, 6) is -1.09. The van der Waals surface area contributed by atoms with Crippen molar-refractivity contribution in [1.29, 1.82) is 0 Å². The van der Waals surface area contributed by atoms with Crippen molar-refractivity contribution in [3.05, 3.63) is 89.1 Å². The first-order valence-electron chi connectivity index (χ1n) is 11.5. The van der Waals surface area contributed by atoms with Gasteiger partial charge < -0.3 is 9.63 Å². The number of anilines is 1. The van der Waals surface area contributed by atoms with Gasteiger partial charge >= 0.3 is 13.5 Å². The van der Waals surface area contributed by atoms with E-state index < -0.39 is 13.5 Å². The summed E-state index contributed by atoms with van der Waals surface area (Å²) in [5.41, 5.74) is 5.51. The van der Waals surface area contributed by atoms with E-state index in [2.05, 4.69) is 10.1 Å². The van der Waals surface area contributed by atoms with Crippen molar-refractivity contribution in [2.24, 2.45) is 0 Å². The standard InChI is InChI=1S/C27H25N4O4PS/c1-17-6-11-23(18(2)14-17)36(34,35-4)30(3)22-16-24(37-26(22)27(32)33)20-9-7-19(8-10-20)21-15-25-28-12-5-13-31(25)29-21/h5-16H,1-4H3,(H,32,33). The van der Waals surface area contributed by atoms with E-state index in [4.69, 9.17) is 4.52 Å². The van der Waals surface area contributed by atoms with Gasteiger partial charge in [0.1, 0.15) is 4.88 Å². The van der Waals surface area contributed by atoms with E-state index in [1.807, 2.05) is 68.6 Å². The molecule has 1 atom stereocenters. The van der Waals surface area contributed by atoms with Crippen molar-refractivity contribution in [2.45, 2.75) is 13.8 Å². The smallest absolute Gasteiger partial charge is 0.348 e. The average molecular weight is 533 g/mol. The number of fused-ring (bicyclic) bond motifs is 1. The quantitative estimate of drug-likeness (QED) is 0.255. The van der Waals surface area contributed by atoms with Gasteiger partial charge in [-0.2, -0.15) is 5.10 Å². The number of nitrogens with zero attached hydrogens (tertiary/aromatic N) is 4. The van der Waals surface area contributed by atoms with Crippen LogP contribution in [0.1, 0.15) is 20.8 Å². The molecule has 0 radical (unpaired) electrons. The molecule has 0 aliphatic rings. The van der Waals surface area contributed by atoms with Crippen LogP contribution in [0, 0.1) is 13.8 Å². The highest BCUT2D eigenvalue weighted by atomic mass is 32.1. The molecular weight excluding hydrogens is 507 g/mol. The van der Waals surface area contributed by atoms with Crippen LogP contribution in [-0.4, -0.2) is 39.8 Å². The summed E-state index contributed by atoms with van der Waals surface area (Å²) in [6.45, 7) is 3.84. The Hall–Kier alpha value is -3.78. The Morgan fingerprint density at radius 3 is 2.46 bits per heavy atom. The number of hydrogen-bond acceptors (Lipinski definition) is 6. The van der Waals surface area contributed by atoms with E-state index in [9.17, 15) is 14.5 Å². The van der Waals surface area contributed by atoms with Crippen LogP contribution in [-0.2, 0) is 9.09 Å². The first kappa shape index (κ1) is 24.9. The van der Waals surface area contributed by atoms with Crippen molar-refractivity contribution >= 4 is 41.5 Å². The highest BCUT2D eigenvalue weighted by Crippen LogP contribution is 2.53. The average Bonchev–Trinajstić information content (AvgIpc) is 3.53. The first-order chi connectivity index (χ1) is 17.7. The molecule has 1 unspecified atom stereocenters. The molecule has 0 aliphatic heterocycles. The number of aromatic carboxylic acids is 1. The Morgan fingerprint density at radius 1 is 1.08 bits per heavy atom. The second kappa shape index (κ2) is 9.59. The van der Waals surface area contributed by atoms with Crippen LogP contribution < -0.4 is 9.97 Å². The third-order valence-corrected chi connectivity index (χ3v) is 10.0. The largest absolute Gasteiger partial charge is 0.477 e. The Bertz CT molecular complexity index is 1640. The van der Waals surface area contributed by atoms with E-state index in [-0.39, 0.29) is 4.88 Å². The number of thiophene rings is 1. The third kappa shape index (κ3) is 4.46. The van der Waals surface area contributed by atoms with Crippen LogP contribution in [0.2, 0.25) is 0 Å². The molecule has 0 aliphatic carbocycles. The zero-order chi connectivity index (χ0) is 26.3. The lowest BCUT2D eigenvalue weighted by molar-refractivity contribution is 0.0703. The van der Waals surface area contributed by atoms with Gasteiger partial charge in [0.25, 0.3) is 0 Å². The van der Waals surface area contributed by atoms with Gasteiger partial charge in [0.05, 0.1) is 16.7 Å². The zero-order valence-electron chi connectivity index (χ0n) is 20.7. The van der Waals surface area contributed by atoms with Gasteiger partial charge in [-0.05, 0) is 43.2 Å². The van der Waals surface area contributed by atoms with Crippen LogP contribution >= 0.6 is 18.9 Å². The van der Waals surface area contributed by atoms with Crippen LogP contribution in [0.15, 0.2) is 73.1 Å². The van der Waals surface area contributed by atoms with Crippen molar-refractivity contribution in [3.63, 3.8) is 0 Å².